The third-order valence-corrected chi connectivity index (χ3v) is 7.05. The fourth-order valence-electron chi connectivity index (χ4n) is 4.84. The van der Waals surface area contributed by atoms with Crippen molar-refractivity contribution in [1.82, 2.24) is 20.3 Å². The van der Waals surface area contributed by atoms with Gasteiger partial charge in [0.1, 0.15) is 5.82 Å². The van der Waals surface area contributed by atoms with Crippen molar-refractivity contribution in [3.8, 4) is 11.3 Å². The van der Waals surface area contributed by atoms with E-state index in [4.69, 9.17) is 11.6 Å². The SMILES string of the molecule is COC(=O)Nc1ccc2c(c1)NC(=O)CC(O)/C=C/C[C@H](NC(=O)Cc1c(C)[nH]c3ccc(Cl)cc13)c1ncc-2[nH]1. The average Bonchev–Trinajstić information content (AvgIpc) is 3.52. The second kappa shape index (κ2) is 11.9. The highest BCUT2D eigenvalue weighted by molar-refractivity contribution is 6.31. The van der Waals surface area contributed by atoms with Gasteiger partial charge in [0, 0.05) is 32.9 Å². The highest BCUT2D eigenvalue weighted by Crippen LogP contribution is 2.32. The topological polar surface area (TPSA) is 161 Å². The number of nitrogens with zero attached hydrogens (tertiary/aromatic N) is 1. The van der Waals surface area contributed by atoms with Crippen LogP contribution in [0, 0.1) is 6.92 Å². The monoisotopic (exact) mass is 576 g/mol. The van der Waals surface area contributed by atoms with Gasteiger partial charge in [-0.05, 0) is 55.3 Å². The molecule has 4 aromatic rings. The fraction of sp³-hybridized carbons (Fsp3) is 0.241. The molecule has 0 spiro atoms. The summed E-state index contributed by atoms with van der Waals surface area (Å²) in [7, 11) is 1.25. The van der Waals surface area contributed by atoms with Crippen molar-refractivity contribution in [2.24, 2.45) is 0 Å². The van der Waals surface area contributed by atoms with E-state index in [1.165, 1.54) is 13.2 Å². The number of aliphatic hydroxyl groups is 1. The highest BCUT2D eigenvalue weighted by atomic mass is 35.5. The van der Waals surface area contributed by atoms with E-state index < -0.39 is 24.1 Å². The number of amides is 3. The predicted octanol–water partition coefficient (Wildman–Crippen LogP) is 4.75. The van der Waals surface area contributed by atoms with Crippen molar-refractivity contribution >= 4 is 51.8 Å². The molecule has 11 nitrogen and oxygen atoms in total. The van der Waals surface area contributed by atoms with Gasteiger partial charge in [-0.15, -0.1) is 0 Å². The molecule has 0 radical (unpaired) electrons. The Hall–Kier alpha value is -4.61. The molecule has 2 aromatic carbocycles. The third kappa shape index (κ3) is 6.42. The van der Waals surface area contributed by atoms with Gasteiger partial charge in [-0.2, -0.15) is 0 Å². The smallest absolute Gasteiger partial charge is 0.411 e. The summed E-state index contributed by atoms with van der Waals surface area (Å²) in [4.78, 5) is 48.8. The van der Waals surface area contributed by atoms with Crippen molar-refractivity contribution in [3.05, 3.63) is 76.9 Å². The summed E-state index contributed by atoms with van der Waals surface area (Å²) in [5, 5.41) is 20.3. The second-order valence-corrected chi connectivity index (χ2v) is 10.2. The number of ether oxygens (including phenoxy) is 1. The number of H-pyrrole nitrogens is 2. The largest absolute Gasteiger partial charge is 0.453 e. The van der Waals surface area contributed by atoms with Crippen LogP contribution in [0.2, 0.25) is 5.02 Å². The van der Waals surface area contributed by atoms with Crippen molar-refractivity contribution < 1.29 is 24.2 Å². The summed E-state index contributed by atoms with van der Waals surface area (Å²) in [5.74, 6) is -0.137. The molecular formula is C29H29ClN6O5. The predicted molar refractivity (Wildman–Crippen MR) is 156 cm³/mol. The minimum atomic E-state index is -1.04. The Kier molecular flexibility index (Phi) is 8.09. The Morgan fingerprint density at radius 3 is 2.83 bits per heavy atom. The number of imidazole rings is 1. The van der Waals surface area contributed by atoms with E-state index in [0.29, 0.717) is 39.9 Å². The van der Waals surface area contributed by atoms with Crippen LogP contribution < -0.4 is 16.0 Å². The van der Waals surface area contributed by atoms with E-state index >= 15 is 0 Å². The highest BCUT2D eigenvalue weighted by Gasteiger charge is 2.22. The molecule has 41 heavy (non-hydrogen) atoms. The van der Waals surface area contributed by atoms with Crippen LogP contribution in [0.1, 0.15) is 36.0 Å². The number of rotatable bonds is 4. The first-order valence-electron chi connectivity index (χ1n) is 12.9. The molecule has 0 fully saturated rings. The van der Waals surface area contributed by atoms with Crippen LogP contribution in [0.5, 0.6) is 0 Å². The number of methoxy groups -OCH3 is 1. The summed E-state index contributed by atoms with van der Waals surface area (Å²) in [6.45, 7) is 1.91. The lowest BCUT2D eigenvalue weighted by Gasteiger charge is -2.16. The Bertz CT molecular complexity index is 1660. The number of aryl methyl sites for hydroxylation is 1. The molecule has 3 heterocycles. The van der Waals surface area contributed by atoms with E-state index in [1.807, 2.05) is 19.1 Å². The van der Waals surface area contributed by atoms with Crippen molar-refractivity contribution in [2.45, 2.75) is 38.3 Å². The van der Waals surface area contributed by atoms with Crippen LogP contribution in [-0.4, -0.2) is 51.2 Å². The quantitative estimate of drug-likeness (QED) is 0.192. The van der Waals surface area contributed by atoms with E-state index in [1.54, 1.807) is 36.5 Å². The molecule has 2 bridgehead atoms. The van der Waals surface area contributed by atoms with Crippen LogP contribution in [0.4, 0.5) is 16.2 Å². The molecule has 2 atom stereocenters. The van der Waals surface area contributed by atoms with Gasteiger partial charge in [-0.3, -0.25) is 14.9 Å². The molecule has 0 saturated heterocycles. The minimum absolute atomic E-state index is 0.125. The van der Waals surface area contributed by atoms with Gasteiger partial charge in [-0.1, -0.05) is 23.8 Å². The molecule has 5 rings (SSSR count). The summed E-state index contributed by atoms with van der Waals surface area (Å²) in [6.07, 6.45) is 3.41. The number of halogens is 1. The zero-order chi connectivity index (χ0) is 29.1. The normalized spacial score (nSPS) is 17.8. The molecule has 12 heteroatoms. The average molecular weight is 577 g/mol. The molecule has 0 aliphatic carbocycles. The Balaban J connectivity index is 1.45. The minimum Gasteiger partial charge on any atom is -0.453 e. The van der Waals surface area contributed by atoms with Gasteiger partial charge in [0.2, 0.25) is 11.8 Å². The van der Waals surface area contributed by atoms with Crippen molar-refractivity contribution in [3.63, 3.8) is 0 Å². The first kappa shape index (κ1) is 27.9. The van der Waals surface area contributed by atoms with Gasteiger partial charge in [0.25, 0.3) is 0 Å². The van der Waals surface area contributed by atoms with E-state index in [0.717, 1.165) is 22.2 Å². The van der Waals surface area contributed by atoms with Gasteiger partial charge in [0.05, 0.1) is 49.7 Å². The zero-order valence-electron chi connectivity index (χ0n) is 22.4. The lowest BCUT2D eigenvalue weighted by Crippen LogP contribution is -2.30. The number of fused-ring (bicyclic) bond motifs is 5. The third-order valence-electron chi connectivity index (χ3n) is 6.82. The Morgan fingerprint density at radius 2 is 2.02 bits per heavy atom. The number of anilines is 2. The molecular weight excluding hydrogens is 548 g/mol. The molecule has 0 saturated carbocycles. The number of carbonyl (C=O) groups is 3. The number of aromatic nitrogens is 3. The summed E-state index contributed by atoms with van der Waals surface area (Å²) in [6, 6.07) is 9.93. The number of carbonyl (C=O) groups excluding carboxylic acids is 3. The van der Waals surface area contributed by atoms with Gasteiger partial charge in [0.15, 0.2) is 0 Å². The van der Waals surface area contributed by atoms with Crippen molar-refractivity contribution in [1.29, 1.82) is 0 Å². The van der Waals surface area contributed by atoms with Crippen LogP contribution in [0.15, 0.2) is 54.7 Å². The summed E-state index contributed by atoms with van der Waals surface area (Å²) < 4.78 is 4.65. The molecule has 1 aliphatic rings. The first-order valence-corrected chi connectivity index (χ1v) is 13.3. The maximum atomic E-state index is 13.3. The second-order valence-electron chi connectivity index (χ2n) is 9.76. The summed E-state index contributed by atoms with van der Waals surface area (Å²) in [5.41, 5.74) is 4.62. The Morgan fingerprint density at radius 1 is 1.20 bits per heavy atom. The number of benzene rings is 2. The van der Waals surface area contributed by atoms with Crippen molar-refractivity contribution in [2.75, 3.05) is 17.7 Å². The van der Waals surface area contributed by atoms with Gasteiger partial charge < -0.3 is 30.4 Å². The van der Waals surface area contributed by atoms with Crippen LogP contribution in [0.25, 0.3) is 22.2 Å². The van der Waals surface area contributed by atoms with E-state index in [9.17, 15) is 19.5 Å². The number of aliphatic hydroxyl groups excluding tert-OH is 1. The Labute approximate surface area is 240 Å². The number of nitrogens with one attached hydrogen (secondary N) is 5. The van der Waals surface area contributed by atoms with Crippen LogP contribution >= 0.6 is 11.6 Å². The molecule has 2 aromatic heterocycles. The molecule has 212 valence electrons. The maximum Gasteiger partial charge on any atom is 0.411 e. The van der Waals surface area contributed by atoms with Gasteiger partial charge >= 0.3 is 6.09 Å². The zero-order valence-corrected chi connectivity index (χ0v) is 23.1. The molecule has 6 N–H and O–H groups in total. The van der Waals surface area contributed by atoms with Gasteiger partial charge in [-0.25, -0.2) is 9.78 Å². The first-order chi connectivity index (χ1) is 19.7. The maximum absolute atomic E-state index is 13.3. The lowest BCUT2D eigenvalue weighted by molar-refractivity contribution is -0.121. The van der Waals surface area contributed by atoms with Crippen LogP contribution in [0.3, 0.4) is 0 Å². The molecule has 1 unspecified atom stereocenters. The standard InChI is InChI=1S/C29H29ClN6O5/c1-15-20(21-10-16(30)6-9-22(21)32-15)13-27(39)34-23-5-3-4-18(37)12-26(38)35-24-11-17(33-29(40)41-2)7-8-19(24)25-14-31-28(23)36-25/h3-4,6-11,14,18,23,32,37H,5,12-13H2,1-2H3,(H,31,36)(H,33,40)(H,34,39)(H,35,38)/b4-3+/t18?,23-/m0/s1. The molecule has 1 aliphatic heterocycles. The number of aromatic amines is 2. The van der Waals surface area contributed by atoms with Crippen LogP contribution in [-0.2, 0) is 20.7 Å². The summed E-state index contributed by atoms with van der Waals surface area (Å²) >= 11 is 6.21. The number of hydrogen-bond acceptors (Lipinski definition) is 6. The fourth-order valence-corrected chi connectivity index (χ4v) is 5.01. The molecule has 3 amide bonds. The van der Waals surface area contributed by atoms with E-state index in [2.05, 4.69) is 35.6 Å². The lowest BCUT2D eigenvalue weighted by atomic mass is 10.1. The number of hydrogen-bond donors (Lipinski definition) is 6. The van der Waals surface area contributed by atoms with E-state index in [-0.39, 0.29) is 18.7 Å².